The molecule has 92 valence electrons. The summed E-state index contributed by atoms with van der Waals surface area (Å²) < 4.78 is 0. The van der Waals surface area contributed by atoms with Gasteiger partial charge in [-0.1, -0.05) is 52.8 Å². The van der Waals surface area contributed by atoms with E-state index in [9.17, 15) is 0 Å². The van der Waals surface area contributed by atoms with Crippen LogP contribution in [0.25, 0.3) is 0 Å². The van der Waals surface area contributed by atoms with E-state index < -0.39 is 0 Å². The number of thiophene rings is 1. The largest absolute Gasteiger partial charge is 0.148 e. The lowest BCUT2D eigenvalue weighted by atomic mass is 9.76. The quantitative estimate of drug-likeness (QED) is 0.672. The predicted molar refractivity (Wildman–Crippen MR) is 77.9 cm³/mol. The lowest BCUT2D eigenvalue weighted by molar-refractivity contribution is 0.559. The maximum atomic E-state index is 2.35. The van der Waals surface area contributed by atoms with Crippen molar-refractivity contribution in [1.29, 1.82) is 0 Å². The Kier molecular flexibility index (Phi) is 3.07. The van der Waals surface area contributed by atoms with Gasteiger partial charge in [-0.15, -0.1) is 11.3 Å². The summed E-state index contributed by atoms with van der Waals surface area (Å²) in [4.78, 5) is 1.52. The van der Waals surface area contributed by atoms with Gasteiger partial charge in [-0.05, 0) is 34.4 Å². The highest BCUT2D eigenvalue weighted by Gasteiger charge is 2.32. The van der Waals surface area contributed by atoms with Crippen molar-refractivity contribution in [1.82, 2.24) is 0 Å². The van der Waals surface area contributed by atoms with E-state index in [0.29, 0.717) is 0 Å². The second-order valence-electron chi connectivity index (χ2n) is 6.34. The zero-order valence-corrected chi connectivity index (χ0v) is 12.3. The standard InChI is InChI=1S/C16H22S/c1-15(2,3)13-10-11-17-14(13)16(4,5)12-8-6-7-9-12/h6,8-11H,7H2,1-5H3. The molecule has 1 heteroatoms. The zero-order valence-electron chi connectivity index (χ0n) is 11.5. The molecule has 0 radical (unpaired) electrons. The third kappa shape index (κ3) is 2.26. The molecule has 17 heavy (non-hydrogen) atoms. The first-order valence-electron chi connectivity index (χ1n) is 6.29. The van der Waals surface area contributed by atoms with Crippen molar-refractivity contribution in [3.8, 4) is 0 Å². The average Bonchev–Trinajstić information content (AvgIpc) is 2.89. The van der Waals surface area contributed by atoms with Crippen LogP contribution >= 0.6 is 11.3 Å². The molecule has 0 aliphatic heterocycles. The second kappa shape index (κ2) is 4.13. The van der Waals surface area contributed by atoms with Gasteiger partial charge in [-0.2, -0.15) is 0 Å². The molecule has 2 rings (SSSR count). The Balaban J connectivity index is 2.47. The van der Waals surface area contributed by atoms with Crippen LogP contribution in [0.5, 0.6) is 0 Å². The van der Waals surface area contributed by atoms with Crippen LogP contribution in [0.4, 0.5) is 0 Å². The van der Waals surface area contributed by atoms with Crippen LogP contribution in [0, 0.1) is 0 Å². The highest BCUT2D eigenvalue weighted by Crippen LogP contribution is 2.43. The summed E-state index contributed by atoms with van der Waals surface area (Å²) in [6.07, 6.45) is 7.98. The highest BCUT2D eigenvalue weighted by atomic mass is 32.1. The lowest BCUT2D eigenvalue weighted by Crippen LogP contribution is -2.23. The van der Waals surface area contributed by atoms with Crippen LogP contribution in [0.3, 0.4) is 0 Å². The fourth-order valence-electron chi connectivity index (χ4n) is 2.44. The van der Waals surface area contributed by atoms with Crippen LogP contribution in [-0.2, 0) is 10.8 Å². The van der Waals surface area contributed by atoms with Crippen LogP contribution in [-0.4, -0.2) is 0 Å². The van der Waals surface area contributed by atoms with E-state index in [-0.39, 0.29) is 10.8 Å². The maximum Gasteiger partial charge on any atom is 0.0240 e. The van der Waals surface area contributed by atoms with Crippen molar-refractivity contribution < 1.29 is 0 Å². The Morgan fingerprint density at radius 1 is 1.12 bits per heavy atom. The summed E-state index contributed by atoms with van der Waals surface area (Å²) in [7, 11) is 0. The summed E-state index contributed by atoms with van der Waals surface area (Å²) in [5.41, 5.74) is 3.33. The SMILES string of the molecule is CC(C)(C)c1ccsc1C(C)(C)C1=CCC=C1. The molecule has 1 aromatic heterocycles. The van der Waals surface area contributed by atoms with E-state index in [4.69, 9.17) is 0 Å². The molecular formula is C16H22S. The van der Waals surface area contributed by atoms with Crippen molar-refractivity contribution >= 4 is 11.3 Å². The van der Waals surface area contributed by atoms with Gasteiger partial charge in [0.25, 0.3) is 0 Å². The minimum Gasteiger partial charge on any atom is -0.148 e. The Bertz CT molecular complexity index is 464. The Labute approximate surface area is 109 Å². The molecule has 0 fully saturated rings. The Hall–Kier alpha value is -0.820. The van der Waals surface area contributed by atoms with E-state index in [1.54, 1.807) is 0 Å². The first kappa shape index (κ1) is 12.6. The molecular weight excluding hydrogens is 224 g/mol. The summed E-state index contributed by atoms with van der Waals surface area (Å²) in [5, 5.41) is 2.23. The summed E-state index contributed by atoms with van der Waals surface area (Å²) in [6, 6.07) is 2.29. The van der Waals surface area contributed by atoms with Crippen molar-refractivity contribution in [3.63, 3.8) is 0 Å². The van der Waals surface area contributed by atoms with Gasteiger partial charge in [0.05, 0.1) is 0 Å². The Morgan fingerprint density at radius 3 is 2.35 bits per heavy atom. The number of hydrogen-bond donors (Lipinski definition) is 0. The second-order valence-corrected chi connectivity index (χ2v) is 7.25. The van der Waals surface area contributed by atoms with Gasteiger partial charge in [0.15, 0.2) is 0 Å². The molecule has 1 aliphatic rings. The molecule has 0 nitrogen and oxygen atoms in total. The first-order valence-corrected chi connectivity index (χ1v) is 7.17. The van der Waals surface area contributed by atoms with Crippen molar-refractivity contribution in [2.45, 2.75) is 51.9 Å². The van der Waals surface area contributed by atoms with Crippen LogP contribution < -0.4 is 0 Å². The molecule has 0 saturated heterocycles. The minimum atomic E-state index is 0.143. The molecule has 1 heterocycles. The smallest absolute Gasteiger partial charge is 0.0240 e. The van der Waals surface area contributed by atoms with Crippen molar-refractivity contribution in [2.24, 2.45) is 0 Å². The lowest BCUT2D eigenvalue weighted by Gasteiger charge is -2.30. The van der Waals surface area contributed by atoms with E-state index in [2.05, 4.69) is 64.3 Å². The van der Waals surface area contributed by atoms with Gasteiger partial charge >= 0.3 is 0 Å². The topological polar surface area (TPSA) is 0 Å². The first-order chi connectivity index (χ1) is 7.83. The van der Waals surface area contributed by atoms with E-state index in [1.165, 1.54) is 16.0 Å². The molecule has 1 aromatic rings. The van der Waals surface area contributed by atoms with Gasteiger partial charge in [0.1, 0.15) is 0 Å². The molecule has 0 unspecified atom stereocenters. The third-order valence-corrected chi connectivity index (χ3v) is 4.77. The number of hydrogen-bond acceptors (Lipinski definition) is 1. The maximum absolute atomic E-state index is 2.35. The molecule has 0 amide bonds. The van der Waals surface area contributed by atoms with Crippen LogP contribution in [0.2, 0.25) is 0 Å². The van der Waals surface area contributed by atoms with E-state index in [0.717, 1.165) is 6.42 Å². The van der Waals surface area contributed by atoms with Gasteiger partial charge < -0.3 is 0 Å². The predicted octanol–water partition coefficient (Wildman–Crippen LogP) is 5.21. The molecule has 0 bridgehead atoms. The average molecular weight is 246 g/mol. The fourth-order valence-corrected chi connectivity index (χ4v) is 3.69. The summed E-state index contributed by atoms with van der Waals surface area (Å²) >= 11 is 1.90. The van der Waals surface area contributed by atoms with Crippen molar-refractivity contribution in [3.05, 3.63) is 45.7 Å². The van der Waals surface area contributed by atoms with Crippen LogP contribution in [0.15, 0.2) is 35.2 Å². The molecule has 1 aliphatic carbocycles. The molecule has 0 saturated carbocycles. The third-order valence-electron chi connectivity index (χ3n) is 3.53. The van der Waals surface area contributed by atoms with Gasteiger partial charge in [-0.3, -0.25) is 0 Å². The van der Waals surface area contributed by atoms with E-state index in [1.807, 2.05) is 11.3 Å². The zero-order chi connectivity index (χ0) is 12.7. The number of rotatable bonds is 2. The van der Waals surface area contributed by atoms with Crippen molar-refractivity contribution in [2.75, 3.05) is 0 Å². The highest BCUT2D eigenvalue weighted by molar-refractivity contribution is 7.10. The van der Waals surface area contributed by atoms with E-state index >= 15 is 0 Å². The van der Waals surface area contributed by atoms with Gasteiger partial charge in [-0.25, -0.2) is 0 Å². The monoisotopic (exact) mass is 246 g/mol. The number of allylic oxidation sites excluding steroid dienone is 4. The van der Waals surface area contributed by atoms with Crippen LogP contribution in [0.1, 0.15) is 51.5 Å². The molecule has 0 N–H and O–H groups in total. The van der Waals surface area contributed by atoms with Gasteiger partial charge in [0, 0.05) is 10.3 Å². The minimum absolute atomic E-state index is 0.143. The molecule has 0 spiro atoms. The normalized spacial score (nSPS) is 16.4. The molecule has 0 aromatic carbocycles. The molecule has 0 atom stereocenters. The van der Waals surface area contributed by atoms with Gasteiger partial charge in [0.2, 0.25) is 0 Å². The Morgan fingerprint density at radius 2 is 1.82 bits per heavy atom. The summed E-state index contributed by atoms with van der Waals surface area (Å²) in [5.74, 6) is 0. The summed E-state index contributed by atoms with van der Waals surface area (Å²) in [6.45, 7) is 11.6. The fraction of sp³-hybridized carbons (Fsp3) is 0.500.